The monoisotopic (exact) mass is 590 g/mol. The summed E-state index contributed by atoms with van der Waals surface area (Å²) in [5, 5.41) is 0. The zero-order valence-electron chi connectivity index (χ0n) is 23.4. The topological polar surface area (TPSA) is 63.2 Å². The Morgan fingerprint density at radius 1 is 0.857 bits per heavy atom. The van der Waals surface area contributed by atoms with Gasteiger partial charge in [-0.3, -0.25) is 0 Å². The molecule has 0 radical (unpaired) electrons. The number of rotatable bonds is 15. The lowest BCUT2D eigenvalue weighted by Gasteiger charge is -2.40. The number of alkyl halides is 3. The fourth-order valence-electron chi connectivity index (χ4n) is 4.38. The number of ether oxygens (including phenoxy) is 5. The van der Waals surface area contributed by atoms with Crippen LogP contribution in [-0.2, 0) is 9.47 Å². The Kier molecular flexibility index (Phi) is 10.8. The SMILES string of the molecule is CCC1(COCCCCCCOc2ccc(C(=O)Oc3ccc(-c4ccc(OC(F)(F)F)c(F)c4)cc3)cc2)COC1. The summed E-state index contributed by atoms with van der Waals surface area (Å²) in [6.07, 6.45) is 0.158. The second-order valence-electron chi connectivity index (χ2n) is 10.3. The lowest BCUT2D eigenvalue weighted by atomic mass is 9.84. The van der Waals surface area contributed by atoms with E-state index in [0.717, 1.165) is 70.7 Å². The maximum atomic E-state index is 14.0. The maximum absolute atomic E-state index is 14.0. The van der Waals surface area contributed by atoms with Crippen LogP contribution < -0.4 is 14.2 Å². The van der Waals surface area contributed by atoms with Crippen LogP contribution in [0.1, 0.15) is 49.4 Å². The van der Waals surface area contributed by atoms with Crippen LogP contribution in [0.4, 0.5) is 17.6 Å². The first-order chi connectivity index (χ1) is 20.2. The van der Waals surface area contributed by atoms with E-state index in [1.54, 1.807) is 36.4 Å². The first-order valence-corrected chi connectivity index (χ1v) is 13.9. The molecular weight excluding hydrogens is 556 g/mol. The molecule has 0 spiro atoms. The number of hydrogen-bond donors (Lipinski definition) is 0. The van der Waals surface area contributed by atoms with Crippen molar-refractivity contribution >= 4 is 5.97 Å². The Balaban J connectivity index is 1.15. The quantitative estimate of drug-likeness (QED) is 0.0774. The molecule has 0 N–H and O–H groups in total. The van der Waals surface area contributed by atoms with Crippen LogP contribution in [0.2, 0.25) is 0 Å². The maximum Gasteiger partial charge on any atom is 0.573 e. The van der Waals surface area contributed by atoms with Gasteiger partial charge in [0.2, 0.25) is 0 Å². The van der Waals surface area contributed by atoms with Crippen molar-refractivity contribution in [3.05, 3.63) is 78.1 Å². The molecular formula is C32H34F4O6. The van der Waals surface area contributed by atoms with E-state index in [2.05, 4.69) is 11.7 Å². The summed E-state index contributed by atoms with van der Waals surface area (Å²) < 4.78 is 77.0. The van der Waals surface area contributed by atoms with E-state index < -0.39 is 23.9 Å². The van der Waals surface area contributed by atoms with Gasteiger partial charge in [-0.05, 0) is 85.3 Å². The third-order valence-electron chi connectivity index (χ3n) is 7.07. The second kappa shape index (κ2) is 14.5. The van der Waals surface area contributed by atoms with Gasteiger partial charge in [-0.1, -0.05) is 31.5 Å². The van der Waals surface area contributed by atoms with Gasteiger partial charge in [0.1, 0.15) is 11.5 Å². The van der Waals surface area contributed by atoms with Gasteiger partial charge < -0.3 is 23.7 Å². The molecule has 3 aromatic rings. The summed E-state index contributed by atoms with van der Waals surface area (Å²) in [6.45, 7) is 5.90. The van der Waals surface area contributed by atoms with Crippen LogP contribution in [0.25, 0.3) is 11.1 Å². The van der Waals surface area contributed by atoms with Crippen molar-refractivity contribution in [2.45, 2.75) is 45.4 Å². The average molecular weight is 591 g/mol. The highest BCUT2D eigenvalue weighted by atomic mass is 19.4. The van der Waals surface area contributed by atoms with Crippen molar-refractivity contribution in [2.75, 3.05) is 33.0 Å². The summed E-state index contributed by atoms with van der Waals surface area (Å²) >= 11 is 0. The minimum Gasteiger partial charge on any atom is -0.494 e. The molecule has 1 heterocycles. The molecule has 0 atom stereocenters. The molecule has 4 rings (SSSR count). The number of carbonyl (C=O) groups excluding carboxylic acids is 1. The van der Waals surface area contributed by atoms with E-state index in [0.29, 0.717) is 29.0 Å². The second-order valence-corrected chi connectivity index (χ2v) is 10.3. The third-order valence-corrected chi connectivity index (χ3v) is 7.07. The Morgan fingerprint density at radius 2 is 1.50 bits per heavy atom. The van der Waals surface area contributed by atoms with Crippen LogP contribution in [0.15, 0.2) is 66.7 Å². The summed E-state index contributed by atoms with van der Waals surface area (Å²) in [7, 11) is 0. The van der Waals surface area contributed by atoms with Crippen LogP contribution >= 0.6 is 0 Å². The molecule has 42 heavy (non-hydrogen) atoms. The first kappa shape index (κ1) is 31.3. The Morgan fingerprint density at radius 3 is 2.10 bits per heavy atom. The van der Waals surface area contributed by atoms with Crippen LogP contribution in [-0.4, -0.2) is 45.4 Å². The van der Waals surface area contributed by atoms with Gasteiger partial charge in [0.05, 0.1) is 32.0 Å². The van der Waals surface area contributed by atoms with E-state index >= 15 is 0 Å². The number of esters is 1. The molecule has 0 aliphatic carbocycles. The largest absolute Gasteiger partial charge is 0.573 e. The zero-order valence-corrected chi connectivity index (χ0v) is 23.4. The lowest BCUT2D eigenvalue weighted by molar-refractivity contribution is -0.275. The summed E-state index contributed by atoms with van der Waals surface area (Å²) in [4.78, 5) is 12.5. The van der Waals surface area contributed by atoms with Crippen LogP contribution in [0, 0.1) is 11.2 Å². The standard InChI is InChI=1S/C32H34F4O6/c1-2-31(21-39-22-31)20-38-17-5-3-4-6-18-40-26-12-9-24(10-13-26)30(37)41-27-14-7-23(8-15-27)25-11-16-29(28(33)19-25)42-32(34,35)36/h7-16,19H,2-6,17-18,20-22H2,1H3. The van der Waals surface area contributed by atoms with Crippen LogP contribution in [0.5, 0.6) is 17.2 Å². The minimum atomic E-state index is -4.98. The zero-order chi connectivity index (χ0) is 30.0. The van der Waals surface area contributed by atoms with E-state index in [4.69, 9.17) is 18.9 Å². The fraction of sp³-hybridized carbons (Fsp3) is 0.406. The molecule has 0 saturated carbocycles. The van der Waals surface area contributed by atoms with Gasteiger partial charge in [-0.15, -0.1) is 13.2 Å². The number of carbonyl (C=O) groups is 1. The number of hydrogen-bond acceptors (Lipinski definition) is 6. The molecule has 6 nitrogen and oxygen atoms in total. The Bertz CT molecular complexity index is 1280. The van der Waals surface area contributed by atoms with Gasteiger partial charge in [0, 0.05) is 12.0 Å². The van der Waals surface area contributed by atoms with Crippen molar-refractivity contribution in [1.29, 1.82) is 0 Å². The van der Waals surface area contributed by atoms with Gasteiger partial charge in [0.15, 0.2) is 11.6 Å². The highest BCUT2D eigenvalue weighted by Crippen LogP contribution is 2.32. The molecule has 0 unspecified atom stereocenters. The number of halogens is 4. The van der Waals surface area contributed by atoms with Crippen molar-refractivity contribution in [3.63, 3.8) is 0 Å². The molecule has 0 bridgehead atoms. The first-order valence-electron chi connectivity index (χ1n) is 13.9. The molecule has 1 aliphatic heterocycles. The number of benzene rings is 3. The van der Waals surface area contributed by atoms with E-state index in [1.165, 1.54) is 18.2 Å². The van der Waals surface area contributed by atoms with Crippen LogP contribution in [0.3, 0.4) is 0 Å². The molecule has 3 aromatic carbocycles. The summed E-state index contributed by atoms with van der Waals surface area (Å²) in [6, 6.07) is 16.0. The lowest BCUT2D eigenvalue weighted by Crippen LogP contribution is -2.45. The molecule has 0 aromatic heterocycles. The summed E-state index contributed by atoms with van der Waals surface area (Å²) in [5.74, 6) is -1.70. The highest BCUT2D eigenvalue weighted by molar-refractivity contribution is 5.91. The smallest absolute Gasteiger partial charge is 0.494 e. The van der Waals surface area contributed by atoms with Crippen molar-refractivity contribution in [1.82, 2.24) is 0 Å². The minimum absolute atomic E-state index is 0.230. The van der Waals surface area contributed by atoms with Crippen molar-refractivity contribution < 1.29 is 46.0 Å². The van der Waals surface area contributed by atoms with Gasteiger partial charge in [-0.2, -0.15) is 0 Å². The molecule has 1 saturated heterocycles. The molecule has 0 amide bonds. The van der Waals surface area contributed by atoms with E-state index in [-0.39, 0.29) is 11.2 Å². The Hall–Kier alpha value is -3.63. The van der Waals surface area contributed by atoms with Gasteiger partial charge >= 0.3 is 12.3 Å². The molecule has 1 aliphatic rings. The van der Waals surface area contributed by atoms with E-state index in [9.17, 15) is 22.4 Å². The Labute approximate surface area is 242 Å². The highest BCUT2D eigenvalue weighted by Gasteiger charge is 2.36. The predicted octanol–water partition coefficient (Wildman–Crippen LogP) is 7.99. The summed E-state index contributed by atoms with van der Waals surface area (Å²) in [5.41, 5.74) is 1.43. The van der Waals surface area contributed by atoms with Crippen molar-refractivity contribution in [2.24, 2.45) is 5.41 Å². The van der Waals surface area contributed by atoms with Gasteiger partial charge in [0.25, 0.3) is 0 Å². The van der Waals surface area contributed by atoms with E-state index in [1.807, 2.05) is 0 Å². The normalized spacial score (nSPS) is 14.2. The molecule has 1 fully saturated rings. The molecule has 226 valence electrons. The van der Waals surface area contributed by atoms with Crippen molar-refractivity contribution in [3.8, 4) is 28.4 Å². The fourth-order valence-corrected chi connectivity index (χ4v) is 4.38. The molecule has 10 heteroatoms. The number of unbranched alkanes of at least 4 members (excludes halogenated alkanes) is 3. The predicted molar refractivity (Wildman–Crippen MR) is 148 cm³/mol. The van der Waals surface area contributed by atoms with Gasteiger partial charge in [-0.25, -0.2) is 9.18 Å². The third kappa shape index (κ3) is 9.19. The average Bonchev–Trinajstić information content (AvgIpc) is 2.94.